The Labute approximate surface area is 65.2 Å². The average molecular weight is 157 g/mol. The van der Waals surface area contributed by atoms with E-state index in [0.29, 0.717) is 13.2 Å². The predicted molar refractivity (Wildman–Crippen MR) is 39.4 cm³/mol. The summed E-state index contributed by atoms with van der Waals surface area (Å²) in [4.78, 5) is 11.0. The molecule has 1 fully saturated rings. The van der Waals surface area contributed by atoms with Crippen molar-refractivity contribution in [2.45, 2.75) is 0 Å². The second kappa shape index (κ2) is 3.13. The van der Waals surface area contributed by atoms with Gasteiger partial charge in [-0.1, -0.05) is 6.58 Å². The first-order chi connectivity index (χ1) is 5.19. The maximum absolute atomic E-state index is 11.5. The van der Waals surface area contributed by atoms with Crippen LogP contribution < -0.4 is 0 Å². The van der Waals surface area contributed by atoms with E-state index in [2.05, 4.69) is 6.58 Å². The average Bonchev–Trinajstić information content (AvgIpc) is 2.04. The van der Waals surface area contributed by atoms with Crippen molar-refractivity contribution in [1.29, 1.82) is 0 Å². The molecule has 0 aromatic rings. The fourth-order valence-electron chi connectivity index (χ4n) is 1.02. The number of nitrogens with zero attached hydrogens (tertiary/aromatic N) is 1. The smallest absolute Gasteiger partial charge is 0.338 e. The van der Waals surface area contributed by atoms with E-state index in [1.165, 1.54) is 0 Å². The molecule has 1 amide bonds. The molecule has 0 spiro atoms. The molecule has 1 aliphatic heterocycles. The van der Waals surface area contributed by atoms with Gasteiger partial charge in [-0.3, -0.25) is 4.65 Å². The van der Waals surface area contributed by atoms with E-state index >= 15 is 0 Å². The molecule has 0 radical (unpaired) electrons. The maximum atomic E-state index is 11.5. The number of ether oxygens (including phenoxy) is 1. The number of carbonyl (C=O) groups is 1. The van der Waals surface area contributed by atoms with Gasteiger partial charge in [0.15, 0.2) is 0 Å². The van der Waals surface area contributed by atoms with Gasteiger partial charge in [-0.05, 0) is 0 Å². The largest absolute Gasteiger partial charge is 0.625 e. The molecule has 0 unspecified atom stereocenters. The molecule has 4 nitrogen and oxygen atoms in total. The maximum Gasteiger partial charge on any atom is 0.338 e. The Morgan fingerprint density at radius 1 is 1.55 bits per heavy atom. The lowest BCUT2D eigenvalue weighted by atomic mass is 10.4. The third-order valence-corrected chi connectivity index (χ3v) is 1.77. The minimum absolute atomic E-state index is 0.213. The van der Waals surface area contributed by atoms with Crippen LogP contribution in [0.1, 0.15) is 0 Å². The lowest BCUT2D eigenvalue weighted by Gasteiger charge is -2.41. The second-order valence-corrected chi connectivity index (χ2v) is 2.49. The molecular weight excluding hydrogens is 146 g/mol. The van der Waals surface area contributed by atoms with Crippen molar-refractivity contribution in [2.24, 2.45) is 0 Å². The number of amides is 1. The Bertz CT molecular complexity index is 173. The van der Waals surface area contributed by atoms with Gasteiger partial charge in [0.2, 0.25) is 0 Å². The molecule has 11 heavy (non-hydrogen) atoms. The lowest BCUT2D eigenvalue weighted by molar-refractivity contribution is -0.811. The highest BCUT2D eigenvalue weighted by atomic mass is 16.6. The minimum Gasteiger partial charge on any atom is -0.625 e. The number of hydrogen-bond donors (Lipinski definition) is 0. The Kier molecular flexibility index (Phi) is 2.38. The molecule has 0 aromatic carbocycles. The van der Waals surface area contributed by atoms with Crippen molar-refractivity contribution in [3.05, 3.63) is 17.9 Å². The summed E-state index contributed by atoms with van der Waals surface area (Å²) in [5, 5.41) is 11.5. The van der Waals surface area contributed by atoms with Crippen LogP contribution in [-0.2, 0) is 9.53 Å². The molecule has 1 saturated heterocycles. The van der Waals surface area contributed by atoms with Crippen molar-refractivity contribution in [2.75, 3.05) is 26.3 Å². The Morgan fingerprint density at radius 2 is 2.09 bits per heavy atom. The van der Waals surface area contributed by atoms with Crippen LogP contribution in [0.2, 0.25) is 0 Å². The van der Waals surface area contributed by atoms with Crippen molar-refractivity contribution in [1.82, 2.24) is 0 Å². The highest BCUT2D eigenvalue weighted by Gasteiger charge is 2.27. The highest BCUT2D eigenvalue weighted by Crippen LogP contribution is 2.09. The predicted octanol–water partition coefficient (Wildman–Crippen LogP) is 0.0438. The lowest BCUT2D eigenvalue weighted by Crippen LogP contribution is -2.53. The number of morpholine rings is 1. The first kappa shape index (κ1) is 8.39. The Hall–Kier alpha value is -0.710. The van der Waals surface area contributed by atoms with E-state index in [0.717, 1.165) is 6.08 Å². The summed E-state index contributed by atoms with van der Waals surface area (Å²) in [6.07, 6.45) is 1.08. The molecule has 0 atom stereocenters. The number of carbonyl (C=O) groups excluding carboxylic acids is 1. The van der Waals surface area contributed by atoms with Crippen LogP contribution in [0.15, 0.2) is 12.7 Å². The summed E-state index contributed by atoms with van der Waals surface area (Å²) in [6, 6.07) is 0. The van der Waals surface area contributed by atoms with Gasteiger partial charge in [-0.25, -0.2) is 4.79 Å². The number of rotatable bonds is 1. The van der Waals surface area contributed by atoms with Gasteiger partial charge in [0.25, 0.3) is 0 Å². The molecule has 0 aliphatic carbocycles. The SMILES string of the molecule is C=CC(=O)[N+]1([O-])CCOCC1. The van der Waals surface area contributed by atoms with Gasteiger partial charge in [-0.2, -0.15) is 0 Å². The molecular formula is C7H11NO3. The highest BCUT2D eigenvalue weighted by molar-refractivity contribution is 5.81. The van der Waals surface area contributed by atoms with Crippen LogP contribution in [0.4, 0.5) is 0 Å². The van der Waals surface area contributed by atoms with E-state index in [1.807, 2.05) is 0 Å². The Morgan fingerprint density at radius 3 is 2.55 bits per heavy atom. The van der Waals surface area contributed by atoms with E-state index < -0.39 is 10.6 Å². The Balaban J connectivity index is 2.63. The third-order valence-electron chi connectivity index (χ3n) is 1.77. The van der Waals surface area contributed by atoms with E-state index in [9.17, 15) is 10.0 Å². The van der Waals surface area contributed by atoms with Gasteiger partial charge in [0.1, 0.15) is 13.1 Å². The van der Waals surface area contributed by atoms with Crippen LogP contribution in [0.25, 0.3) is 0 Å². The van der Waals surface area contributed by atoms with Crippen LogP contribution in [-0.4, -0.2) is 36.9 Å². The van der Waals surface area contributed by atoms with Crippen LogP contribution in [0.5, 0.6) is 0 Å². The zero-order chi connectivity index (χ0) is 8.32. The van der Waals surface area contributed by atoms with Crippen LogP contribution in [0.3, 0.4) is 0 Å². The fraction of sp³-hybridized carbons (Fsp3) is 0.571. The van der Waals surface area contributed by atoms with Crippen LogP contribution in [0, 0.1) is 5.21 Å². The molecule has 1 aliphatic rings. The summed E-state index contributed by atoms with van der Waals surface area (Å²) in [5.41, 5.74) is 0. The normalized spacial score (nSPS) is 22.6. The summed E-state index contributed by atoms with van der Waals surface area (Å²) in [7, 11) is 0. The summed E-state index contributed by atoms with van der Waals surface area (Å²) >= 11 is 0. The summed E-state index contributed by atoms with van der Waals surface area (Å²) in [6.45, 7) is 4.43. The van der Waals surface area contributed by atoms with Crippen LogP contribution >= 0.6 is 0 Å². The summed E-state index contributed by atoms with van der Waals surface area (Å²) < 4.78 is 4.16. The topological polar surface area (TPSA) is 49.4 Å². The van der Waals surface area contributed by atoms with Crippen molar-refractivity contribution in [3.8, 4) is 0 Å². The zero-order valence-corrected chi connectivity index (χ0v) is 6.28. The third kappa shape index (κ3) is 1.65. The van der Waals surface area contributed by atoms with Crippen molar-refractivity contribution in [3.63, 3.8) is 0 Å². The van der Waals surface area contributed by atoms with Gasteiger partial charge >= 0.3 is 5.91 Å². The summed E-state index contributed by atoms with van der Waals surface area (Å²) in [5.74, 6) is -0.465. The monoisotopic (exact) mass is 157 g/mol. The molecule has 1 heterocycles. The van der Waals surface area contributed by atoms with Crippen molar-refractivity contribution < 1.29 is 14.2 Å². The standard InChI is InChI=1S/C7H11NO3/c1-2-7(9)8(10)3-5-11-6-4-8/h2H,1,3-6H2. The molecule has 0 bridgehead atoms. The van der Waals surface area contributed by atoms with Gasteiger partial charge in [0.05, 0.1) is 13.2 Å². The molecule has 4 heteroatoms. The van der Waals surface area contributed by atoms with Gasteiger partial charge < -0.3 is 9.94 Å². The fourth-order valence-corrected chi connectivity index (χ4v) is 1.02. The van der Waals surface area contributed by atoms with E-state index in [-0.39, 0.29) is 13.1 Å². The zero-order valence-electron chi connectivity index (χ0n) is 6.28. The number of quaternary nitrogens is 1. The quantitative estimate of drug-likeness (QED) is 0.307. The molecule has 0 N–H and O–H groups in total. The number of hydroxylamine groups is 3. The van der Waals surface area contributed by atoms with E-state index in [1.54, 1.807) is 0 Å². The van der Waals surface area contributed by atoms with Crippen molar-refractivity contribution >= 4 is 5.91 Å². The molecule has 0 aromatic heterocycles. The molecule has 1 rings (SSSR count). The molecule has 0 saturated carbocycles. The van der Waals surface area contributed by atoms with E-state index in [4.69, 9.17) is 4.74 Å². The minimum atomic E-state index is -0.802. The second-order valence-electron chi connectivity index (χ2n) is 2.49. The van der Waals surface area contributed by atoms with Gasteiger partial charge in [-0.15, -0.1) is 0 Å². The van der Waals surface area contributed by atoms with Gasteiger partial charge in [0, 0.05) is 6.08 Å². The first-order valence-corrected chi connectivity index (χ1v) is 3.52. The number of hydrogen-bond acceptors (Lipinski definition) is 3. The molecule has 62 valence electrons. The first-order valence-electron chi connectivity index (χ1n) is 3.52.